The fourth-order valence-corrected chi connectivity index (χ4v) is 2.17. The summed E-state index contributed by atoms with van der Waals surface area (Å²) >= 11 is 0. The van der Waals surface area contributed by atoms with Gasteiger partial charge in [0, 0.05) is 31.4 Å². The molecule has 128 valence electrons. The van der Waals surface area contributed by atoms with Gasteiger partial charge in [-0.15, -0.1) is 5.10 Å². The van der Waals surface area contributed by atoms with Crippen molar-refractivity contribution in [3.63, 3.8) is 0 Å². The third-order valence-electron chi connectivity index (χ3n) is 3.48. The molecule has 0 bridgehead atoms. The second kappa shape index (κ2) is 7.00. The minimum atomic E-state index is -0.825. The number of nitrogens with zero attached hydrogens (tertiary/aromatic N) is 4. The Morgan fingerprint density at radius 3 is 2.56 bits per heavy atom. The van der Waals surface area contributed by atoms with Crippen molar-refractivity contribution in [1.29, 1.82) is 0 Å². The molecule has 0 radical (unpaired) electrons. The van der Waals surface area contributed by atoms with Gasteiger partial charge < -0.3 is 10.1 Å². The molecule has 2 heterocycles. The highest BCUT2D eigenvalue weighted by Gasteiger charge is 2.19. The topological polar surface area (TPSA) is 91.0 Å². The first kappa shape index (κ1) is 16.4. The molecule has 8 heteroatoms. The molecular formula is C17H17N5O3. The first-order chi connectivity index (χ1) is 12.0. The van der Waals surface area contributed by atoms with Crippen LogP contribution in [0.15, 0.2) is 59.5 Å². The Morgan fingerprint density at radius 2 is 1.88 bits per heavy atom. The molecular weight excluding hydrogens is 322 g/mol. The molecule has 1 unspecified atom stereocenters. The van der Waals surface area contributed by atoms with Crippen molar-refractivity contribution in [2.75, 3.05) is 5.32 Å². The number of nitrogens with one attached hydrogen (secondary N) is 1. The van der Waals surface area contributed by atoms with Gasteiger partial charge in [0.25, 0.3) is 5.56 Å². The molecule has 1 aromatic carbocycles. The number of aromatic nitrogens is 4. The van der Waals surface area contributed by atoms with E-state index in [1.54, 1.807) is 43.0 Å². The average Bonchev–Trinajstić information content (AvgIpc) is 3.01. The van der Waals surface area contributed by atoms with Crippen LogP contribution in [0.4, 0.5) is 5.82 Å². The summed E-state index contributed by atoms with van der Waals surface area (Å²) in [6, 6.07) is 12.7. The lowest BCUT2D eigenvalue weighted by Crippen LogP contribution is -2.33. The lowest BCUT2D eigenvalue weighted by Gasteiger charge is -2.14. The van der Waals surface area contributed by atoms with Crippen LogP contribution in [0.5, 0.6) is 11.6 Å². The molecule has 0 saturated carbocycles. The van der Waals surface area contributed by atoms with E-state index < -0.39 is 17.5 Å². The van der Waals surface area contributed by atoms with Crippen LogP contribution >= 0.6 is 0 Å². The van der Waals surface area contributed by atoms with E-state index in [-0.39, 0.29) is 5.88 Å². The zero-order valence-corrected chi connectivity index (χ0v) is 13.8. The van der Waals surface area contributed by atoms with Crippen LogP contribution in [0.2, 0.25) is 0 Å². The number of anilines is 1. The molecule has 0 fully saturated rings. The van der Waals surface area contributed by atoms with Gasteiger partial charge in [-0.1, -0.05) is 18.2 Å². The summed E-state index contributed by atoms with van der Waals surface area (Å²) < 4.78 is 8.26. The molecule has 3 rings (SSSR count). The predicted molar refractivity (Wildman–Crippen MR) is 91.6 cm³/mol. The van der Waals surface area contributed by atoms with Gasteiger partial charge in [0.15, 0.2) is 5.82 Å². The van der Waals surface area contributed by atoms with Crippen molar-refractivity contribution >= 4 is 11.7 Å². The summed E-state index contributed by atoms with van der Waals surface area (Å²) in [5.41, 5.74) is -0.399. The number of hydrogen-bond acceptors (Lipinski definition) is 5. The smallest absolute Gasteiger partial charge is 0.267 e. The van der Waals surface area contributed by atoms with E-state index in [2.05, 4.69) is 15.5 Å². The Kier molecular flexibility index (Phi) is 4.60. The maximum Gasteiger partial charge on any atom is 0.267 e. The van der Waals surface area contributed by atoms with Crippen molar-refractivity contribution in [1.82, 2.24) is 19.6 Å². The lowest BCUT2D eigenvalue weighted by molar-refractivity contribution is -0.119. The average molecular weight is 339 g/mol. The molecule has 0 aliphatic rings. The SMILES string of the molecule is CC(C(=O)Nc1ccn(C)n1)n1nc(Oc2ccccc2)ccc1=O. The van der Waals surface area contributed by atoms with Crippen molar-refractivity contribution in [2.24, 2.45) is 7.05 Å². The van der Waals surface area contributed by atoms with E-state index in [0.717, 1.165) is 4.68 Å². The van der Waals surface area contributed by atoms with E-state index in [9.17, 15) is 9.59 Å². The number of aryl methyl sites for hydroxylation is 1. The van der Waals surface area contributed by atoms with E-state index in [1.165, 1.54) is 12.1 Å². The minimum absolute atomic E-state index is 0.225. The first-order valence-corrected chi connectivity index (χ1v) is 7.66. The number of para-hydroxylation sites is 1. The van der Waals surface area contributed by atoms with Gasteiger partial charge in [-0.25, -0.2) is 4.68 Å². The highest BCUT2D eigenvalue weighted by molar-refractivity contribution is 5.92. The normalized spacial score (nSPS) is 11.8. The van der Waals surface area contributed by atoms with Crippen LogP contribution in [-0.4, -0.2) is 25.5 Å². The molecule has 3 aromatic rings. The van der Waals surface area contributed by atoms with Gasteiger partial charge in [0.05, 0.1) is 0 Å². The minimum Gasteiger partial charge on any atom is -0.438 e. The van der Waals surface area contributed by atoms with Crippen LogP contribution < -0.4 is 15.6 Å². The molecule has 8 nitrogen and oxygen atoms in total. The Hall–Kier alpha value is -3.42. The van der Waals surface area contributed by atoms with Crippen molar-refractivity contribution in [2.45, 2.75) is 13.0 Å². The van der Waals surface area contributed by atoms with Gasteiger partial charge in [0.2, 0.25) is 11.8 Å². The van der Waals surface area contributed by atoms with Crippen LogP contribution in [0, 0.1) is 0 Å². The van der Waals surface area contributed by atoms with E-state index in [4.69, 9.17) is 4.74 Å². The molecule has 25 heavy (non-hydrogen) atoms. The number of carbonyl (C=O) groups excluding carboxylic acids is 1. The maximum atomic E-state index is 12.3. The molecule has 1 amide bonds. The van der Waals surface area contributed by atoms with E-state index in [1.807, 2.05) is 18.2 Å². The van der Waals surface area contributed by atoms with Crippen molar-refractivity contribution in [3.8, 4) is 11.6 Å². The van der Waals surface area contributed by atoms with Crippen molar-refractivity contribution < 1.29 is 9.53 Å². The molecule has 0 saturated heterocycles. The van der Waals surface area contributed by atoms with Gasteiger partial charge in [-0.05, 0) is 19.1 Å². The summed E-state index contributed by atoms with van der Waals surface area (Å²) in [6.45, 7) is 1.58. The fourth-order valence-electron chi connectivity index (χ4n) is 2.17. The molecule has 1 N–H and O–H groups in total. The molecule has 0 aliphatic carbocycles. The molecule has 1 atom stereocenters. The monoisotopic (exact) mass is 339 g/mol. The van der Waals surface area contributed by atoms with Gasteiger partial charge in [-0.3, -0.25) is 14.3 Å². The number of amides is 1. The summed E-state index contributed by atoms with van der Waals surface area (Å²) in [4.78, 5) is 24.4. The number of benzene rings is 1. The Bertz CT molecular complexity index is 933. The van der Waals surface area contributed by atoms with Gasteiger partial charge in [0.1, 0.15) is 11.8 Å². The van der Waals surface area contributed by atoms with Crippen molar-refractivity contribution in [3.05, 3.63) is 65.1 Å². The standard InChI is InChI=1S/C17H17N5O3/c1-12(17(24)18-14-10-11-21(2)19-14)22-16(23)9-8-15(20-22)25-13-6-4-3-5-7-13/h3-12H,1-2H3,(H,18,19,24). The van der Waals surface area contributed by atoms with E-state index in [0.29, 0.717) is 11.6 Å². The van der Waals surface area contributed by atoms with E-state index >= 15 is 0 Å². The first-order valence-electron chi connectivity index (χ1n) is 7.66. The zero-order valence-electron chi connectivity index (χ0n) is 13.8. The Balaban J connectivity index is 1.79. The molecule has 0 spiro atoms. The second-order valence-corrected chi connectivity index (χ2v) is 5.41. The number of ether oxygens (including phenoxy) is 1. The largest absolute Gasteiger partial charge is 0.438 e. The van der Waals surface area contributed by atoms with Crippen LogP contribution in [-0.2, 0) is 11.8 Å². The third kappa shape index (κ3) is 3.92. The highest BCUT2D eigenvalue weighted by atomic mass is 16.5. The zero-order chi connectivity index (χ0) is 17.8. The number of rotatable bonds is 5. The van der Waals surface area contributed by atoms with Crippen LogP contribution in [0.1, 0.15) is 13.0 Å². The Morgan fingerprint density at radius 1 is 1.12 bits per heavy atom. The van der Waals surface area contributed by atoms with Crippen LogP contribution in [0.25, 0.3) is 0 Å². The maximum absolute atomic E-state index is 12.3. The quantitative estimate of drug-likeness (QED) is 0.767. The second-order valence-electron chi connectivity index (χ2n) is 5.41. The lowest BCUT2D eigenvalue weighted by atomic mass is 10.3. The summed E-state index contributed by atoms with van der Waals surface area (Å²) in [6.07, 6.45) is 1.71. The third-order valence-corrected chi connectivity index (χ3v) is 3.48. The van der Waals surface area contributed by atoms with Crippen LogP contribution in [0.3, 0.4) is 0 Å². The number of carbonyl (C=O) groups is 1. The molecule has 0 aliphatic heterocycles. The predicted octanol–water partition coefficient (Wildman–Crippen LogP) is 1.97. The molecule has 2 aromatic heterocycles. The highest BCUT2D eigenvalue weighted by Crippen LogP contribution is 2.18. The number of hydrogen-bond donors (Lipinski definition) is 1. The summed E-state index contributed by atoms with van der Waals surface area (Å²) in [5.74, 6) is 0.823. The Labute approximate surface area is 143 Å². The van der Waals surface area contributed by atoms with Gasteiger partial charge in [-0.2, -0.15) is 5.10 Å². The summed E-state index contributed by atoms with van der Waals surface area (Å²) in [5, 5.41) is 10.9. The summed E-state index contributed by atoms with van der Waals surface area (Å²) in [7, 11) is 1.75. The van der Waals surface area contributed by atoms with Gasteiger partial charge >= 0.3 is 0 Å². The fraction of sp³-hybridized carbons (Fsp3) is 0.176.